The van der Waals surface area contributed by atoms with Gasteiger partial charge in [-0.3, -0.25) is 9.59 Å². The quantitative estimate of drug-likeness (QED) is 0.248. The average Bonchev–Trinajstić information content (AvgIpc) is 3.50. The van der Waals surface area contributed by atoms with Gasteiger partial charge in [-0.1, -0.05) is 0 Å². The molecular weight excluding hydrogens is 620 g/mol. The molecule has 2 aromatic rings. The number of rotatable bonds is 7. The third-order valence-corrected chi connectivity index (χ3v) is 10.6. The first-order chi connectivity index (χ1) is 22.1. The zero-order chi connectivity index (χ0) is 34.0. The lowest BCUT2D eigenvalue weighted by atomic mass is 9.76. The van der Waals surface area contributed by atoms with E-state index < -0.39 is 65.6 Å². The molecule has 0 aromatic heterocycles. The summed E-state index contributed by atoms with van der Waals surface area (Å²) in [6.07, 6.45) is -5.51. The summed E-state index contributed by atoms with van der Waals surface area (Å²) in [6.45, 7) is 5.70. The molecule has 3 fully saturated rings. The molecule has 4 heterocycles. The minimum atomic E-state index is -2.27. The van der Waals surface area contributed by atoms with E-state index >= 15 is 0 Å². The first-order valence-electron chi connectivity index (χ1n) is 15.5. The van der Waals surface area contributed by atoms with Crippen LogP contribution in [0.4, 0.5) is 0 Å². The molecule has 4 N–H and O–H groups in total. The molecule has 47 heavy (non-hydrogen) atoms. The summed E-state index contributed by atoms with van der Waals surface area (Å²) >= 11 is 0. The number of Topliss-reactive ketones (excluding diaryl/α,β-unsaturated/α-hetero) is 2. The number of hydrogen-bond acceptors (Lipinski definition) is 14. The summed E-state index contributed by atoms with van der Waals surface area (Å²) < 4.78 is 49.1. The van der Waals surface area contributed by atoms with Crippen LogP contribution >= 0.6 is 0 Å². The second-order valence-electron chi connectivity index (χ2n) is 13.0. The van der Waals surface area contributed by atoms with Crippen molar-refractivity contribution in [3.8, 4) is 17.2 Å². The predicted molar refractivity (Wildman–Crippen MR) is 159 cm³/mol. The summed E-state index contributed by atoms with van der Waals surface area (Å²) in [7, 11) is 4.18. The molecule has 0 saturated carbocycles. The van der Waals surface area contributed by atoms with Gasteiger partial charge in [0.05, 0.1) is 24.2 Å². The molecule has 5 aliphatic rings. The topological polar surface area (TPSA) is 189 Å². The lowest BCUT2D eigenvalue weighted by molar-refractivity contribution is -0.415. The molecule has 14 heteroatoms. The molecule has 0 amide bonds. The standard InChI is InChI=1S/C33H39O14/c1-13-11-17-23(24(37)22-16(25(17)40-5)9-8-10-18(22)35)26-21(13)27-28-32(45-26,30(4,38)33(46-27,47-28)29(41-6)42-7)44-20-12-19(36)31(39,14(2)34)15(3)43-20/h11-12,15,19-20,27-29,36-39H,8-10H2,1-7H3/q-1/t15-,19+,20-,27-,28-,30-,31+,32+,33-/m0/s1. The Balaban J connectivity index is 1.46. The monoisotopic (exact) mass is 659 g/mol. The van der Waals surface area contributed by atoms with Crippen molar-refractivity contribution in [2.45, 2.75) is 107 Å². The number of aromatic hydroxyl groups is 1. The highest BCUT2D eigenvalue weighted by molar-refractivity contribution is 6.11. The molecule has 0 spiro atoms. The fourth-order valence-electron chi connectivity index (χ4n) is 8.19. The van der Waals surface area contributed by atoms with Gasteiger partial charge < -0.3 is 58.3 Å². The Hall–Kier alpha value is -2.92. The van der Waals surface area contributed by atoms with E-state index in [0.717, 1.165) is 13.3 Å². The van der Waals surface area contributed by atoms with Crippen LogP contribution in [0.2, 0.25) is 0 Å². The van der Waals surface area contributed by atoms with Gasteiger partial charge in [-0.05, 0) is 58.3 Å². The van der Waals surface area contributed by atoms with Gasteiger partial charge in [0.25, 0.3) is 11.6 Å². The minimum absolute atomic E-state index is 0.0497. The number of benzene rings is 2. The summed E-state index contributed by atoms with van der Waals surface area (Å²) in [4.78, 5) is 25.5. The maximum atomic E-state index is 13.2. The number of fused-ring (bicyclic) bond motifs is 6. The summed E-state index contributed by atoms with van der Waals surface area (Å²) in [5.41, 5.74) is -2.67. The van der Waals surface area contributed by atoms with Crippen LogP contribution in [0.3, 0.4) is 0 Å². The first-order valence-corrected chi connectivity index (χ1v) is 15.5. The van der Waals surface area contributed by atoms with E-state index in [2.05, 4.69) is 0 Å². The summed E-state index contributed by atoms with van der Waals surface area (Å²) in [5.74, 6) is -5.06. The fraction of sp³-hybridized carbons (Fsp3) is 0.606. The lowest BCUT2D eigenvalue weighted by Gasteiger charge is -2.57. The molecule has 2 bridgehead atoms. The molecule has 3 saturated heterocycles. The van der Waals surface area contributed by atoms with Gasteiger partial charge in [0.1, 0.15) is 29.0 Å². The molecule has 9 atom stereocenters. The van der Waals surface area contributed by atoms with Crippen molar-refractivity contribution >= 4 is 22.3 Å². The minimum Gasteiger partial charge on any atom is -0.506 e. The molecule has 7 rings (SSSR count). The zero-order valence-corrected chi connectivity index (χ0v) is 27.1. The van der Waals surface area contributed by atoms with E-state index in [0.29, 0.717) is 40.7 Å². The second kappa shape index (κ2) is 10.5. The van der Waals surface area contributed by atoms with E-state index in [9.17, 15) is 30.0 Å². The molecule has 14 nitrogen and oxygen atoms in total. The fourth-order valence-corrected chi connectivity index (χ4v) is 8.19. The number of aliphatic hydroxyl groups excluding tert-OH is 1. The number of aliphatic hydroxyl groups is 3. The number of phenols is 1. The van der Waals surface area contributed by atoms with Gasteiger partial charge in [-0.25, -0.2) is 6.42 Å². The van der Waals surface area contributed by atoms with E-state index in [1.165, 1.54) is 35.2 Å². The van der Waals surface area contributed by atoms with Crippen LogP contribution in [0, 0.1) is 13.3 Å². The Labute approximate surface area is 270 Å². The molecule has 4 aliphatic heterocycles. The van der Waals surface area contributed by atoms with E-state index in [4.69, 9.17) is 37.9 Å². The van der Waals surface area contributed by atoms with Crippen molar-refractivity contribution in [1.82, 2.24) is 0 Å². The molecule has 0 radical (unpaired) electrons. The molecule has 2 aromatic carbocycles. The molecule has 1 aliphatic carbocycles. The van der Waals surface area contributed by atoms with Crippen LogP contribution in [0.1, 0.15) is 66.8 Å². The zero-order valence-electron chi connectivity index (χ0n) is 27.1. The van der Waals surface area contributed by atoms with Crippen LogP contribution < -0.4 is 9.47 Å². The molecule has 0 unspecified atom stereocenters. The van der Waals surface area contributed by atoms with Gasteiger partial charge in [0.15, 0.2) is 23.3 Å². The highest BCUT2D eigenvalue weighted by Gasteiger charge is 2.86. The van der Waals surface area contributed by atoms with Crippen LogP contribution in [-0.2, 0) is 39.6 Å². The van der Waals surface area contributed by atoms with E-state index in [-0.39, 0.29) is 34.7 Å². The van der Waals surface area contributed by atoms with Crippen LogP contribution in [-0.4, -0.2) is 107 Å². The Morgan fingerprint density at radius 3 is 2.47 bits per heavy atom. The van der Waals surface area contributed by atoms with Crippen molar-refractivity contribution in [2.24, 2.45) is 0 Å². The Morgan fingerprint density at radius 1 is 1.15 bits per heavy atom. The third kappa shape index (κ3) is 3.87. The Kier molecular flexibility index (Phi) is 7.31. The van der Waals surface area contributed by atoms with Gasteiger partial charge in [-0.15, -0.1) is 0 Å². The summed E-state index contributed by atoms with van der Waals surface area (Å²) in [6, 6.07) is 1.81. The highest BCUT2D eigenvalue weighted by atomic mass is 16.9. The number of ether oxygens (including phenoxy) is 8. The summed E-state index contributed by atoms with van der Waals surface area (Å²) in [5, 5.41) is 46.8. The highest BCUT2D eigenvalue weighted by Crippen LogP contribution is 2.68. The number of carbonyl (C=O) groups excluding carboxylic acids is 2. The van der Waals surface area contributed by atoms with Crippen LogP contribution in [0.5, 0.6) is 17.2 Å². The van der Waals surface area contributed by atoms with Crippen molar-refractivity contribution in [1.29, 1.82) is 0 Å². The Morgan fingerprint density at radius 2 is 1.85 bits per heavy atom. The SMILES string of the molecule is COc1c2c(c(O)c3c4c(c(C)cc13)[C@@H]1O[C@@]3(C(OC)OC)O[C@@H]1[C@@](O[C@H]1[CH-][C@@H](O)[C@@](O)(C(C)=O)[C@H](C)O1)(O4)[C@]3(C)O)C(=O)CCC2. The number of ketones is 2. The number of methoxy groups -OCH3 is 3. The molecular formula is C33H39O14-. The number of aryl methyl sites for hydroxylation is 1. The second-order valence-corrected chi connectivity index (χ2v) is 13.0. The smallest absolute Gasteiger partial charge is 0.274 e. The maximum Gasteiger partial charge on any atom is 0.274 e. The van der Waals surface area contributed by atoms with Gasteiger partial charge in [0, 0.05) is 43.4 Å². The van der Waals surface area contributed by atoms with Gasteiger partial charge in [-0.2, -0.15) is 0 Å². The van der Waals surface area contributed by atoms with Crippen molar-refractivity contribution < 1.29 is 67.9 Å². The van der Waals surface area contributed by atoms with E-state index in [1.54, 1.807) is 0 Å². The lowest BCUT2D eigenvalue weighted by Crippen LogP contribution is -2.75. The number of carbonyl (C=O) groups is 2. The van der Waals surface area contributed by atoms with Gasteiger partial charge in [0.2, 0.25) is 6.29 Å². The van der Waals surface area contributed by atoms with Crippen LogP contribution in [0.25, 0.3) is 10.8 Å². The third-order valence-electron chi connectivity index (χ3n) is 10.6. The maximum absolute atomic E-state index is 13.2. The normalized spacial score (nSPS) is 38.8. The van der Waals surface area contributed by atoms with Crippen molar-refractivity contribution in [3.63, 3.8) is 0 Å². The largest absolute Gasteiger partial charge is 0.506 e. The first kappa shape index (κ1) is 32.6. The predicted octanol–water partition coefficient (Wildman–Crippen LogP) is 1.65. The number of hydrogen-bond donors (Lipinski definition) is 4. The molecule has 256 valence electrons. The van der Waals surface area contributed by atoms with Crippen LogP contribution in [0.15, 0.2) is 6.07 Å². The average molecular weight is 660 g/mol. The van der Waals surface area contributed by atoms with E-state index in [1.807, 2.05) is 13.0 Å². The number of phenolic OH excluding ortho intramolecular Hbond substituents is 1. The van der Waals surface area contributed by atoms with Crippen molar-refractivity contribution in [3.05, 3.63) is 34.7 Å². The van der Waals surface area contributed by atoms with Crippen molar-refractivity contribution in [2.75, 3.05) is 21.3 Å². The van der Waals surface area contributed by atoms with Gasteiger partial charge >= 0.3 is 0 Å². The Bertz CT molecular complexity index is 1670.